The molecule has 0 aliphatic carbocycles. The third-order valence-corrected chi connectivity index (χ3v) is 1.68. The summed E-state index contributed by atoms with van der Waals surface area (Å²) < 4.78 is 4.81. The molecule has 1 aromatic heterocycles. The average Bonchev–Trinajstić information content (AvgIpc) is 2.63. The van der Waals surface area contributed by atoms with Crippen molar-refractivity contribution in [3.05, 3.63) is 12.0 Å². The molecule has 1 heterocycles. The van der Waals surface area contributed by atoms with Crippen molar-refractivity contribution in [1.82, 2.24) is 4.98 Å². The Hall–Kier alpha value is -2.58. The van der Waals surface area contributed by atoms with Crippen molar-refractivity contribution in [2.45, 2.75) is 0 Å². The van der Waals surface area contributed by atoms with Gasteiger partial charge < -0.3 is 25.9 Å². The minimum Gasteiger partial charge on any atom is -0.476 e. The molecule has 0 radical (unpaired) electrons. The summed E-state index contributed by atoms with van der Waals surface area (Å²) in [5.41, 5.74) is 9.56. The van der Waals surface area contributed by atoms with Gasteiger partial charge in [0.25, 0.3) is 6.01 Å². The zero-order valence-electron chi connectivity index (χ0n) is 8.62. The van der Waals surface area contributed by atoms with Crippen LogP contribution >= 0.6 is 0 Å². The molecule has 0 atom stereocenters. The van der Waals surface area contributed by atoms with Crippen LogP contribution in [0.3, 0.4) is 0 Å². The molecule has 0 aromatic carbocycles. The van der Waals surface area contributed by atoms with Gasteiger partial charge in [0.05, 0.1) is 0 Å². The molecule has 2 amide bonds. The predicted octanol–water partition coefficient (Wildman–Crippen LogP) is -1.85. The highest BCUT2D eigenvalue weighted by Gasteiger charge is 2.19. The van der Waals surface area contributed by atoms with Crippen LogP contribution in [0.1, 0.15) is 10.5 Å². The Kier molecular flexibility index (Phi) is 3.65. The first-order valence-corrected chi connectivity index (χ1v) is 4.40. The second kappa shape index (κ2) is 4.96. The lowest BCUT2D eigenvalue weighted by Gasteiger charge is -2.16. The highest BCUT2D eigenvalue weighted by atomic mass is 16.4. The molecule has 0 saturated carbocycles. The standard InChI is InChI=1S/C8H10N4O5/c9-5(13)1-12(2-6(10)14)8-11-4(3-17-8)7(15)16/h3H,1-2H2,(H2,9,13)(H2,10,14)(H,15,16). The fourth-order valence-corrected chi connectivity index (χ4v) is 1.08. The van der Waals surface area contributed by atoms with E-state index >= 15 is 0 Å². The molecule has 1 aromatic rings. The molecule has 0 aliphatic rings. The van der Waals surface area contributed by atoms with E-state index in [4.69, 9.17) is 21.0 Å². The van der Waals surface area contributed by atoms with Gasteiger partial charge in [0.1, 0.15) is 19.4 Å². The third-order valence-electron chi connectivity index (χ3n) is 1.68. The molecule has 0 fully saturated rings. The van der Waals surface area contributed by atoms with Crippen molar-refractivity contribution >= 4 is 23.8 Å². The molecule has 5 N–H and O–H groups in total. The molecule has 0 aliphatic heterocycles. The van der Waals surface area contributed by atoms with Gasteiger partial charge in [-0.15, -0.1) is 0 Å². The molecule has 0 unspecified atom stereocenters. The number of rotatable bonds is 6. The Labute approximate surface area is 95.0 Å². The van der Waals surface area contributed by atoms with Crippen LogP contribution in [-0.2, 0) is 9.59 Å². The van der Waals surface area contributed by atoms with E-state index < -0.39 is 17.8 Å². The molecule has 92 valence electrons. The van der Waals surface area contributed by atoms with Crippen molar-refractivity contribution in [1.29, 1.82) is 0 Å². The summed E-state index contributed by atoms with van der Waals surface area (Å²) >= 11 is 0. The number of carboxylic acids is 1. The summed E-state index contributed by atoms with van der Waals surface area (Å²) in [7, 11) is 0. The first kappa shape index (κ1) is 12.5. The van der Waals surface area contributed by atoms with E-state index in [2.05, 4.69) is 4.98 Å². The van der Waals surface area contributed by atoms with Crippen LogP contribution in [-0.4, -0.2) is 41.0 Å². The van der Waals surface area contributed by atoms with Crippen LogP contribution in [0.2, 0.25) is 0 Å². The summed E-state index contributed by atoms with van der Waals surface area (Å²) in [5, 5.41) is 8.62. The topological polar surface area (TPSA) is 153 Å². The SMILES string of the molecule is NC(=O)CN(CC(N)=O)c1nc(C(=O)O)co1. The molecular formula is C8H10N4O5. The number of hydrogen-bond donors (Lipinski definition) is 3. The Balaban J connectivity index is 2.90. The van der Waals surface area contributed by atoms with Gasteiger partial charge in [-0.25, -0.2) is 4.79 Å². The number of aromatic nitrogens is 1. The minimum atomic E-state index is -1.29. The van der Waals surface area contributed by atoms with Gasteiger partial charge in [-0.2, -0.15) is 4.98 Å². The quantitative estimate of drug-likeness (QED) is 0.529. The zero-order valence-corrected chi connectivity index (χ0v) is 8.62. The van der Waals surface area contributed by atoms with Crippen LogP contribution in [0.5, 0.6) is 0 Å². The van der Waals surface area contributed by atoms with Gasteiger partial charge in [-0.1, -0.05) is 0 Å². The summed E-state index contributed by atoms with van der Waals surface area (Å²) in [5.74, 6) is -2.76. The molecular weight excluding hydrogens is 232 g/mol. The maximum atomic E-state index is 10.7. The highest BCUT2D eigenvalue weighted by molar-refractivity contribution is 5.86. The van der Waals surface area contributed by atoms with E-state index in [1.807, 2.05) is 0 Å². The van der Waals surface area contributed by atoms with Crippen molar-refractivity contribution in [2.75, 3.05) is 18.0 Å². The van der Waals surface area contributed by atoms with Crippen LogP contribution in [0.4, 0.5) is 6.01 Å². The van der Waals surface area contributed by atoms with Gasteiger partial charge in [0, 0.05) is 0 Å². The molecule has 9 heteroatoms. The fourth-order valence-electron chi connectivity index (χ4n) is 1.08. The molecule has 17 heavy (non-hydrogen) atoms. The molecule has 0 saturated heterocycles. The average molecular weight is 242 g/mol. The second-order valence-electron chi connectivity index (χ2n) is 3.11. The summed E-state index contributed by atoms with van der Waals surface area (Å²) in [6.07, 6.45) is 0.882. The van der Waals surface area contributed by atoms with E-state index in [0.29, 0.717) is 0 Å². The first-order chi connectivity index (χ1) is 7.90. The van der Waals surface area contributed by atoms with Crippen molar-refractivity contribution in [2.24, 2.45) is 11.5 Å². The van der Waals surface area contributed by atoms with E-state index in [0.717, 1.165) is 11.2 Å². The number of primary amides is 2. The largest absolute Gasteiger partial charge is 0.476 e. The van der Waals surface area contributed by atoms with E-state index in [1.54, 1.807) is 0 Å². The van der Waals surface area contributed by atoms with Gasteiger partial charge >= 0.3 is 5.97 Å². The number of hydrogen-bond acceptors (Lipinski definition) is 6. The number of nitrogens with zero attached hydrogens (tertiary/aromatic N) is 2. The Bertz CT molecular complexity index is 439. The maximum absolute atomic E-state index is 10.7. The molecule has 9 nitrogen and oxygen atoms in total. The number of amides is 2. The van der Waals surface area contributed by atoms with E-state index in [1.165, 1.54) is 0 Å². The predicted molar refractivity (Wildman–Crippen MR) is 54.1 cm³/mol. The third kappa shape index (κ3) is 3.48. The normalized spacial score (nSPS) is 9.88. The molecule has 1 rings (SSSR count). The maximum Gasteiger partial charge on any atom is 0.357 e. The lowest BCUT2D eigenvalue weighted by Crippen LogP contribution is -2.39. The number of carbonyl (C=O) groups is 3. The van der Waals surface area contributed by atoms with Crippen LogP contribution < -0.4 is 16.4 Å². The molecule has 0 spiro atoms. The first-order valence-electron chi connectivity index (χ1n) is 4.40. The summed E-state index contributed by atoms with van der Waals surface area (Å²) in [6, 6.07) is -0.208. The highest BCUT2D eigenvalue weighted by Crippen LogP contribution is 2.12. The van der Waals surface area contributed by atoms with Crippen molar-refractivity contribution < 1.29 is 23.9 Å². The van der Waals surface area contributed by atoms with E-state index in [-0.39, 0.29) is 24.8 Å². The Morgan fingerprint density at radius 2 is 1.82 bits per heavy atom. The van der Waals surface area contributed by atoms with E-state index in [9.17, 15) is 14.4 Å². The summed E-state index contributed by atoms with van der Waals surface area (Å²) in [6.45, 7) is -0.717. The van der Waals surface area contributed by atoms with Crippen LogP contribution in [0.15, 0.2) is 10.7 Å². The lowest BCUT2D eigenvalue weighted by molar-refractivity contribution is -0.117. The Morgan fingerprint density at radius 1 is 1.29 bits per heavy atom. The zero-order chi connectivity index (χ0) is 13.0. The monoisotopic (exact) mass is 242 g/mol. The van der Waals surface area contributed by atoms with Gasteiger partial charge in [-0.05, 0) is 0 Å². The Morgan fingerprint density at radius 3 is 2.18 bits per heavy atom. The number of carboxylic acid groups (broad SMARTS) is 1. The van der Waals surface area contributed by atoms with Crippen LogP contribution in [0, 0.1) is 0 Å². The minimum absolute atomic E-state index is 0.208. The number of oxazole rings is 1. The van der Waals surface area contributed by atoms with Gasteiger partial charge in [-0.3, -0.25) is 9.59 Å². The smallest absolute Gasteiger partial charge is 0.357 e. The fraction of sp³-hybridized carbons (Fsp3) is 0.250. The summed E-state index contributed by atoms with van der Waals surface area (Å²) in [4.78, 5) is 36.7. The number of aromatic carboxylic acids is 1. The number of nitrogens with two attached hydrogens (primary N) is 2. The van der Waals surface area contributed by atoms with Crippen molar-refractivity contribution in [3.63, 3.8) is 0 Å². The second-order valence-corrected chi connectivity index (χ2v) is 3.11. The van der Waals surface area contributed by atoms with Crippen molar-refractivity contribution in [3.8, 4) is 0 Å². The van der Waals surface area contributed by atoms with Crippen LogP contribution in [0.25, 0.3) is 0 Å². The molecule has 0 bridgehead atoms. The van der Waals surface area contributed by atoms with Gasteiger partial charge in [0.2, 0.25) is 11.8 Å². The number of carbonyl (C=O) groups excluding carboxylic acids is 2. The van der Waals surface area contributed by atoms with Gasteiger partial charge in [0.15, 0.2) is 5.69 Å². The lowest BCUT2D eigenvalue weighted by atomic mass is 10.4. The number of anilines is 1.